The van der Waals surface area contributed by atoms with Gasteiger partial charge in [-0.3, -0.25) is 59.8 Å². The van der Waals surface area contributed by atoms with E-state index in [0.717, 1.165) is 18.2 Å². The van der Waals surface area contributed by atoms with E-state index in [2.05, 4.69) is 47.9 Å². The Morgan fingerprint density at radius 1 is 0.625 bits per heavy atom. The third-order valence-electron chi connectivity index (χ3n) is 8.71. The van der Waals surface area contributed by atoms with E-state index in [9.17, 15) is 64.0 Å². The van der Waals surface area contributed by atoms with Gasteiger partial charge in [0.05, 0.1) is 42.2 Å². The molecular weight excluding hydrogens is 856 g/mol. The van der Waals surface area contributed by atoms with Crippen molar-refractivity contribution in [1.29, 1.82) is 10.8 Å². The molecule has 0 bridgehead atoms. The molecule has 0 aliphatic rings. The molecule has 0 spiro atoms. The minimum absolute atomic E-state index is 0.0346. The first-order valence-corrected chi connectivity index (χ1v) is 19.5. The molecule has 356 valence electrons. The van der Waals surface area contributed by atoms with E-state index in [1.54, 1.807) is 0 Å². The van der Waals surface area contributed by atoms with E-state index in [1.165, 1.54) is 0 Å². The number of carbonyl (C=O) groups is 7. The molecule has 64 heavy (non-hydrogen) atoms. The van der Waals surface area contributed by atoms with Crippen molar-refractivity contribution in [3.63, 3.8) is 0 Å². The number of hydrogen-bond donors (Lipinski definition) is 17. The zero-order chi connectivity index (χ0) is 48.4. The average Bonchev–Trinajstić information content (AvgIpc) is 3.24. The summed E-state index contributed by atoms with van der Waals surface area (Å²) in [4.78, 5) is 110. The molecule has 1 aromatic carbocycles. The van der Waals surface area contributed by atoms with Gasteiger partial charge < -0.3 is 80.4 Å². The van der Waals surface area contributed by atoms with Crippen molar-refractivity contribution in [3.05, 3.63) is 38.4 Å². The van der Waals surface area contributed by atoms with E-state index in [4.69, 9.17) is 33.1 Å². The number of carbonyl (C=O) groups excluding carboxylic acids is 6. The lowest BCUT2D eigenvalue weighted by molar-refractivity contribution is -0.393. The number of nitrogens with two attached hydrogens (primary N) is 3. The fraction of sp³-hybridized carbons (Fsp3) is 0.559. The van der Waals surface area contributed by atoms with Gasteiger partial charge in [0.2, 0.25) is 35.4 Å². The molecule has 0 aliphatic heterocycles. The van der Waals surface area contributed by atoms with E-state index in [-0.39, 0.29) is 82.2 Å². The van der Waals surface area contributed by atoms with Crippen molar-refractivity contribution in [2.24, 2.45) is 17.2 Å². The predicted molar refractivity (Wildman–Crippen MR) is 224 cm³/mol. The van der Waals surface area contributed by atoms with Crippen LogP contribution in [0.4, 0.5) is 17.1 Å². The zero-order valence-corrected chi connectivity index (χ0v) is 34.5. The first-order valence-electron chi connectivity index (χ1n) is 19.5. The van der Waals surface area contributed by atoms with Gasteiger partial charge in [-0.25, -0.2) is 4.79 Å². The Morgan fingerprint density at radius 2 is 1.12 bits per heavy atom. The molecule has 0 aromatic heterocycles. The van der Waals surface area contributed by atoms with Crippen molar-refractivity contribution in [2.75, 3.05) is 51.3 Å². The molecular formula is C34H56N16O14. The summed E-state index contributed by atoms with van der Waals surface area (Å²) in [7, 11) is 0. The Kier molecular flexibility index (Phi) is 24.7. The first-order chi connectivity index (χ1) is 30.2. The second kappa shape index (κ2) is 28.9. The Labute approximate surface area is 364 Å². The summed E-state index contributed by atoms with van der Waals surface area (Å²) >= 11 is 0. The van der Waals surface area contributed by atoms with E-state index in [0.29, 0.717) is 0 Å². The van der Waals surface area contributed by atoms with Gasteiger partial charge in [-0.2, -0.15) is 0 Å². The highest BCUT2D eigenvalue weighted by Crippen LogP contribution is 2.29. The lowest BCUT2D eigenvalue weighted by atomic mass is 10.1. The third-order valence-corrected chi connectivity index (χ3v) is 8.71. The van der Waals surface area contributed by atoms with Crippen LogP contribution in [0.5, 0.6) is 0 Å². The number of nitro groups is 2. The summed E-state index contributed by atoms with van der Waals surface area (Å²) in [5.41, 5.74) is 14.8. The molecule has 0 saturated carbocycles. The Balaban J connectivity index is 3.07. The zero-order valence-electron chi connectivity index (χ0n) is 34.5. The molecule has 0 aliphatic carbocycles. The minimum atomic E-state index is -1.72. The smallest absolute Gasteiger partial charge is 0.326 e. The number of nitrogens with zero attached hydrogens (tertiary/aromatic N) is 2. The molecule has 20 N–H and O–H groups in total. The quantitative estimate of drug-likeness (QED) is 0.0108. The molecule has 0 unspecified atom stereocenters. The van der Waals surface area contributed by atoms with Gasteiger partial charge in [-0.15, -0.1) is 0 Å². The summed E-state index contributed by atoms with van der Waals surface area (Å²) in [6, 6.07) is -4.29. The van der Waals surface area contributed by atoms with Crippen molar-refractivity contribution in [2.45, 2.75) is 75.2 Å². The molecule has 6 amide bonds. The third kappa shape index (κ3) is 21.4. The van der Waals surface area contributed by atoms with Crippen LogP contribution in [-0.2, 0) is 33.6 Å². The van der Waals surface area contributed by atoms with Gasteiger partial charge in [0.25, 0.3) is 11.4 Å². The number of aliphatic hydroxyl groups is 2. The number of carboxylic acid groups (broad SMARTS) is 1. The maximum atomic E-state index is 13.4. The number of rotatable bonds is 31. The summed E-state index contributed by atoms with van der Waals surface area (Å²) in [5, 5.41) is 87.2. The number of non-ortho nitro benzene ring substituents is 1. The molecule has 0 fully saturated rings. The van der Waals surface area contributed by atoms with E-state index < -0.39 is 119 Å². The lowest BCUT2D eigenvalue weighted by Crippen LogP contribution is -2.57. The number of nitro benzene ring substituents is 2. The first kappa shape index (κ1) is 54.5. The SMILES string of the molecule is N=C(N)NCCC[C@H](NC(=O)CNC(=O)[C@@H](N)CO)C(=O)NCC(=O)N[C@@H](CO)C(=O)N[C@@H](CCCCNc1ccc([N+](=O)[O-])cc1[N+](=O)[O-])C(=O)N[C@H](CCCNC(=N)N)C(=O)O. The largest absolute Gasteiger partial charge is 0.480 e. The Bertz CT molecular complexity index is 1840. The van der Waals surface area contributed by atoms with Crippen molar-refractivity contribution < 1.29 is 58.7 Å². The molecule has 1 aromatic rings. The van der Waals surface area contributed by atoms with Crippen LogP contribution >= 0.6 is 0 Å². The second-order valence-electron chi connectivity index (χ2n) is 13.7. The summed E-state index contributed by atoms with van der Waals surface area (Å²) in [6.07, 6.45) is 0.266. The standard InChI is InChI=1S/C34H56N16O14/c35-19(16-51)28(55)43-14-26(53)45-21(6-3-11-41-33(36)37)29(56)44-15-27(54)46-24(17-52)31(58)47-22(30(57)48-23(32(59)60)7-4-12-42-34(38)39)5-1-2-10-40-20-9-8-18(49(61)62)13-25(20)50(63)64/h8-9,13,19,21-24,40,51-52H,1-7,10-12,14-17,35H2,(H,43,55)(H,44,56)(H,45,53)(H,46,54)(H,47,58)(H,48,57)(H,59,60)(H4,36,37,41)(H4,38,39,42)/t19-,21-,22-,23+,24-/m0/s1. The molecule has 30 heteroatoms. The number of carboxylic acids is 1. The van der Waals surface area contributed by atoms with E-state index >= 15 is 0 Å². The molecule has 5 atom stereocenters. The number of guanidine groups is 2. The summed E-state index contributed by atoms with van der Waals surface area (Å²) < 4.78 is 0. The Morgan fingerprint density at radius 3 is 1.64 bits per heavy atom. The molecule has 0 saturated heterocycles. The summed E-state index contributed by atoms with van der Waals surface area (Å²) in [5.74, 6) is -7.84. The van der Waals surface area contributed by atoms with Gasteiger partial charge in [-0.05, 0) is 51.0 Å². The molecule has 0 radical (unpaired) electrons. The monoisotopic (exact) mass is 912 g/mol. The normalized spacial score (nSPS) is 12.9. The maximum absolute atomic E-state index is 13.4. The van der Waals surface area contributed by atoms with Crippen LogP contribution in [-0.4, -0.2) is 155 Å². The van der Waals surface area contributed by atoms with Gasteiger partial charge in [-0.1, -0.05) is 0 Å². The number of unbranched alkanes of at least 4 members (excludes halogenated alkanes) is 1. The highest BCUT2D eigenvalue weighted by atomic mass is 16.6. The number of hydrogen-bond acceptors (Lipinski definition) is 17. The number of benzene rings is 1. The van der Waals surface area contributed by atoms with Crippen LogP contribution in [0.1, 0.15) is 44.9 Å². The highest BCUT2D eigenvalue weighted by molar-refractivity contribution is 5.95. The van der Waals surface area contributed by atoms with Crippen molar-refractivity contribution >= 4 is 70.4 Å². The highest BCUT2D eigenvalue weighted by Gasteiger charge is 2.30. The van der Waals surface area contributed by atoms with Gasteiger partial charge in [0, 0.05) is 25.7 Å². The average molecular weight is 913 g/mol. The Hall–Kier alpha value is -7.47. The van der Waals surface area contributed by atoms with Crippen LogP contribution in [0.2, 0.25) is 0 Å². The van der Waals surface area contributed by atoms with Crippen molar-refractivity contribution in [3.8, 4) is 0 Å². The molecule has 0 heterocycles. The topological polar surface area (TPSA) is 500 Å². The van der Waals surface area contributed by atoms with Crippen LogP contribution in [0.3, 0.4) is 0 Å². The van der Waals surface area contributed by atoms with Crippen molar-refractivity contribution in [1.82, 2.24) is 42.5 Å². The number of anilines is 1. The van der Waals surface area contributed by atoms with Crippen LogP contribution in [0, 0.1) is 31.0 Å². The number of aliphatic hydroxyl groups excluding tert-OH is 2. The maximum Gasteiger partial charge on any atom is 0.326 e. The fourth-order valence-electron chi connectivity index (χ4n) is 5.39. The minimum Gasteiger partial charge on any atom is -0.480 e. The van der Waals surface area contributed by atoms with Crippen LogP contribution in [0.25, 0.3) is 0 Å². The second-order valence-corrected chi connectivity index (χ2v) is 13.7. The van der Waals surface area contributed by atoms with Crippen LogP contribution < -0.4 is 65.1 Å². The van der Waals surface area contributed by atoms with Crippen LogP contribution in [0.15, 0.2) is 18.2 Å². The predicted octanol–water partition coefficient (Wildman–Crippen LogP) is -5.82. The number of nitrogens with one attached hydrogen (secondary N) is 11. The lowest BCUT2D eigenvalue weighted by Gasteiger charge is -2.24. The fourth-order valence-corrected chi connectivity index (χ4v) is 5.39. The number of amides is 6. The molecule has 30 nitrogen and oxygen atoms in total. The van der Waals surface area contributed by atoms with Gasteiger partial charge >= 0.3 is 5.97 Å². The van der Waals surface area contributed by atoms with Gasteiger partial charge in [0.15, 0.2) is 11.9 Å². The molecule has 1 rings (SSSR count). The summed E-state index contributed by atoms with van der Waals surface area (Å²) in [6.45, 7) is -2.89. The van der Waals surface area contributed by atoms with Gasteiger partial charge in [0.1, 0.15) is 35.9 Å². The number of aliphatic carboxylic acids is 1. The van der Waals surface area contributed by atoms with E-state index in [1.807, 2.05) is 0 Å².